The summed E-state index contributed by atoms with van der Waals surface area (Å²) in [5.41, 5.74) is -0.319. The first-order chi connectivity index (χ1) is 13.5. The molecule has 1 heterocycles. The maximum absolute atomic E-state index is 12.2. The van der Waals surface area contributed by atoms with Gasteiger partial charge in [-0.15, -0.1) is 0 Å². The summed E-state index contributed by atoms with van der Waals surface area (Å²) < 4.78 is 20.3. The van der Waals surface area contributed by atoms with Gasteiger partial charge in [0.1, 0.15) is 11.1 Å². The second-order valence-corrected chi connectivity index (χ2v) is 5.68. The monoisotopic (exact) mass is 383 g/mol. The molecule has 3 rings (SSSR count). The SMILES string of the molecule is COc1ccc(NC(=O)COC(=O)c2cc3ccccc3oc2=O)cc1OC. The first kappa shape index (κ1) is 19.0. The molecule has 1 amide bonds. The zero-order valence-corrected chi connectivity index (χ0v) is 15.2. The van der Waals surface area contributed by atoms with E-state index < -0.39 is 24.1 Å². The molecule has 2 aromatic carbocycles. The number of methoxy groups -OCH3 is 2. The lowest BCUT2D eigenvalue weighted by Crippen LogP contribution is -2.23. The molecule has 0 aliphatic carbocycles. The topological polar surface area (TPSA) is 104 Å². The first-order valence-electron chi connectivity index (χ1n) is 8.23. The Labute approximate surface area is 159 Å². The standard InChI is InChI=1S/C20H17NO7/c1-25-16-8-7-13(10-17(16)26-2)21-18(22)11-27-19(23)14-9-12-5-3-4-6-15(12)28-20(14)24/h3-10H,11H2,1-2H3,(H,21,22). The average molecular weight is 383 g/mol. The summed E-state index contributed by atoms with van der Waals surface area (Å²) in [6.45, 7) is -0.570. The third-order valence-electron chi connectivity index (χ3n) is 3.86. The number of para-hydroxylation sites is 1. The van der Waals surface area contributed by atoms with Crippen molar-refractivity contribution in [1.82, 2.24) is 0 Å². The number of hydrogen-bond donors (Lipinski definition) is 1. The minimum atomic E-state index is -0.943. The van der Waals surface area contributed by atoms with Gasteiger partial charge in [-0.2, -0.15) is 0 Å². The van der Waals surface area contributed by atoms with E-state index in [4.69, 9.17) is 18.6 Å². The number of carbonyl (C=O) groups is 2. The Balaban J connectivity index is 1.65. The van der Waals surface area contributed by atoms with E-state index in [-0.39, 0.29) is 5.56 Å². The fourth-order valence-electron chi connectivity index (χ4n) is 2.52. The lowest BCUT2D eigenvalue weighted by Gasteiger charge is -2.10. The predicted octanol–water partition coefficient (Wildman–Crippen LogP) is 2.61. The van der Waals surface area contributed by atoms with Gasteiger partial charge in [-0.05, 0) is 24.3 Å². The highest BCUT2D eigenvalue weighted by Crippen LogP contribution is 2.29. The molecule has 8 heteroatoms. The van der Waals surface area contributed by atoms with Crippen LogP contribution < -0.4 is 20.4 Å². The van der Waals surface area contributed by atoms with E-state index in [1.54, 1.807) is 42.5 Å². The van der Waals surface area contributed by atoms with Crippen LogP contribution in [0.2, 0.25) is 0 Å². The number of nitrogens with one attached hydrogen (secondary N) is 1. The second kappa shape index (κ2) is 8.26. The third-order valence-corrected chi connectivity index (χ3v) is 3.86. The molecule has 3 aromatic rings. The summed E-state index contributed by atoms with van der Waals surface area (Å²) in [6, 6.07) is 12.9. The first-order valence-corrected chi connectivity index (χ1v) is 8.23. The maximum Gasteiger partial charge on any atom is 0.351 e. The Morgan fingerprint density at radius 2 is 1.75 bits per heavy atom. The van der Waals surface area contributed by atoms with Gasteiger partial charge in [-0.1, -0.05) is 18.2 Å². The van der Waals surface area contributed by atoms with Gasteiger partial charge in [-0.25, -0.2) is 9.59 Å². The highest BCUT2D eigenvalue weighted by atomic mass is 16.5. The molecule has 1 N–H and O–H groups in total. The molecular weight excluding hydrogens is 366 g/mol. The number of hydrogen-bond acceptors (Lipinski definition) is 7. The average Bonchev–Trinajstić information content (AvgIpc) is 2.71. The van der Waals surface area contributed by atoms with Crippen molar-refractivity contribution >= 4 is 28.5 Å². The van der Waals surface area contributed by atoms with Gasteiger partial charge in [0.05, 0.1) is 14.2 Å². The Bertz CT molecular complexity index is 1090. The van der Waals surface area contributed by atoms with Crippen LogP contribution in [-0.2, 0) is 9.53 Å². The molecular formula is C20H17NO7. The molecule has 0 aliphatic rings. The fourth-order valence-corrected chi connectivity index (χ4v) is 2.52. The molecule has 144 valence electrons. The lowest BCUT2D eigenvalue weighted by molar-refractivity contribution is -0.119. The van der Waals surface area contributed by atoms with Crippen molar-refractivity contribution in [3.05, 3.63) is 64.5 Å². The summed E-state index contributed by atoms with van der Waals surface area (Å²) in [4.78, 5) is 36.1. The number of carbonyl (C=O) groups excluding carboxylic acids is 2. The Morgan fingerprint density at radius 1 is 1.00 bits per heavy atom. The van der Waals surface area contributed by atoms with Crippen LogP contribution in [0.25, 0.3) is 11.0 Å². The number of fused-ring (bicyclic) bond motifs is 1. The maximum atomic E-state index is 12.2. The van der Waals surface area contributed by atoms with Crippen LogP contribution >= 0.6 is 0 Å². The lowest BCUT2D eigenvalue weighted by atomic mass is 10.2. The summed E-state index contributed by atoms with van der Waals surface area (Å²) >= 11 is 0. The molecule has 0 fully saturated rings. The van der Waals surface area contributed by atoms with Gasteiger partial charge in [-0.3, -0.25) is 4.79 Å². The van der Waals surface area contributed by atoms with Gasteiger partial charge in [0, 0.05) is 17.1 Å². The zero-order valence-electron chi connectivity index (χ0n) is 15.2. The Morgan fingerprint density at radius 3 is 2.50 bits per heavy atom. The number of amides is 1. The van der Waals surface area contributed by atoms with Crippen molar-refractivity contribution < 1.29 is 28.2 Å². The van der Waals surface area contributed by atoms with Gasteiger partial charge in [0.25, 0.3) is 5.91 Å². The molecule has 0 bridgehead atoms. The van der Waals surface area contributed by atoms with E-state index in [0.717, 1.165) is 0 Å². The molecule has 0 unspecified atom stereocenters. The van der Waals surface area contributed by atoms with E-state index in [1.165, 1.54) is 20.3 Å². The largest absolute Gasteiger partial charge is 0.493 e. The van der Waals surface area contributed by atoms with Crippen molar-refractivity contribution in [2.75, 3.05) is 26.1 Å². The van der Waals surface area contributed by atoms with Crippen LogP contribution in [0.1, 0.15) is 10.4 Å². The van der Waals surface area contributed by atoms with E-state index >= 15 is 0 Å². The molecule has 0 radical (unpaired) electrons. The van der Waals surface area contributed by atoms with Gasteiger partial charge < -0.3 is 23.9 Å². The fraction of sp³-hybridized carbons (Fsp3) is 0.150. The normalized spacial score (nSPS) is 10.4. The minimum absolute atomic E-state index is 0.280. The molecule has 0 saturated carbocycles. The third kappa shape index (κ3) is 4.12. The van der Waals surface area contributed by atoms with Crippen molar-refractivity contribution in [3.63, 3.8) is 0 Å². The molecule has 0 saturated heterocycles. The summed E-state index contributed by atoms with van der Waals surface area (Å²) in [5, 5.41) is 3.14. The Hall–Kier alpha value is -3.81. The van der Waals surface area contributed by atoms with Crippen LogP contribution in [0.5, 0.6) is 11.5 Å². The predicted molar refractivity (Wildman–Crippen MR) is 101 cm³/mol. The van der Waals surface area contributed by atoms with E-state index in [2.05, 4.69) is 5.32 Å². The molecule has 0 spiro atoms. The smallest absolute Gasteiger partial charge is 0.351 e. The van der Waals surface area contributed by atoms with Gasteiger partial charge in [0.15, 0.2) is 18.1 Å². The highest BCUT2D eigenvalue weighted by molar-refractivity contribution is 5.96. The number of anilines is 1. The van der Waals surface area contributed by atoms with Gasteiger partial charge >= 0.3 is 11.6 Å². The minimum Gasteiger partial charge on any atom is -0.493 e. The summed E-state index contributed by atoms with van der Waals surface area (Å²) in [7, 11) is 2.97. The van der Waals surface area contributed by atoms with Crippen LogP contribution in [0.3, 0.4) is 0 Å². The van der Waals surface area contributed by atoms with Crippen molar-refractivity contribution in [3.8, 4) is 11.5 Å². The van der Waals surface area contributed by atoms with Crippen molar-refractivity contribution in [2.45, 2.75) is 0 Å². The van der Waals surface area contributed by atoms with Crippen molar-refractivity contribution in [2.24, 2.45) is 0 Å². The van der Waals surface area contributed by atoms with Crippen LogP contribution in [0, 0.1) is 0 Å². The van der Waals surface area contributed by atoms with Crippen LogP contribution in [0.15, 0.2) is 57.7 Å². The van der Waals surface area contributed by atoms with Crippen LogP contribution in [-0.4, -0.2) is 32.7 Å². The molecule has 28 heavy (non-hydrogen) atoms. The number of ether oxygens (including phenoxy) is 3. The second-order valence-electron chi connectivity index (χ2n) is 5.68. The Kier molecular flexibility index (Phi) is 5.59. The van der Waals surface area contributed by atoms with E-state index in [1.807, 2.05) is 0 Å². The van der Waals surface area contributed by atoms with Crippen LogP contribution in [0.4, 0.5) is 5.69 Å². The quantitative estimate of drug-likeness (QED) is 0.515. The number of rotatable bonds is 6. The van der Waals surface area contributed by atoms with Crippen molar-refractivity contribution in [1.29, 1.82) is 0 Å². The highest BCUT2D eigenvalue weighted by Gasteiger charge is 2.17. The summed E-state index contributed by atoms with van der Waals surface area (Å²) in [5.74, 6) is -0.575. The number of benzene rings is 2. The molecule has 1 aromatic heterocycles. The molecule has 8 nitrogen and oxygen atoms in total. The van der Waals surface area contributed by atoms with E-state index in [9.17, 15) is 14.4 Å². The van der Waals surface area contributed by atoms with E-state index in [0.29, 0.717) is 28.2 Å². The van der Waals surface area contributed by atoms with Gasteiger partial charge in [0.2, 0.25) is 0 Å². The summed E-state index contributed by atoms with van der Waals surface area (Å²) in [6.07, 6.45) is 0. The molecule has 0 atom stereocenters. The zero-order chi connectivity index (χ0) is 20.1. The number of esters is 1. The molecule has 0 aliphatic heterocycles.